The molecule has 0 saturated carbocycles. The van der Waals surface area contributed by atoms with Crippen LogP contribution in [0.3, 0.4) is 0 Å². The number of hydroxylamine groups is 2. The Bertz CT molecular complexity index is 157. The fourth-order valence-corrected chi connectivity index (χ4v) is 1.43. The van der Waals surface area contributed by atoms with E-state index in [0.29, 0.717) is 12.5 Å². The average molecular weight is 183 g/mol. The van der Waals surface area contributed by atoms with Gasteiger partial charge in [-0.25, -0.2) is 0 Å². The zero-order chi connectivity index (χ0) is 9.84. The van der Waals surface area contributed by atoms with Gasteiger partial charge in [-0.2, -0.15) is 5.06 Å². The maximum Gasteiger partial charge on any atom is 0.109 e. The summed E-state index contributed by atoms with van der Waals surface area (Å²) < 4.78 is 5.49. The van der Waals surface area contributed by atoms with Gasteiger partial charge in [0.2, 0.25) is 0 Å². The van der Waals surface area contributed by atoms with E-state index in [0.717, 1.165) is 13.0 Å². The molecule has 13 heavy (non-hydrogen) atoms. The monoisotopic (exact) mass is 183 g/mol. The first-order valence-corrected chi connectivity index (χ1v) is 4.88. The highest BCUT2D eigenvalue weighted by molar-refractivity contribution is 6.11. The Morgan fingerprint density at radius 1 is 1.62 bits per heavy atom. The molecule has 3 atom stereocenters. The minimum atomic E-state index is -0.101. The Balaban J connectivity index is 2.21. The molecule has 4 heteroatoms. The van der Waals surface area contributed by atoms with E-state index in [-0.39, 0.29) is 12.1 Å². The summed E-state index contributed by atoms with van der Waals surface area (Å²) >= 11 is 0. The summed E-state index contributed by atoms with van der Waals surface area (Å²) in [5.74, 6) is 0.500. The second-order valence-corrected chi connectivity index (χ2v) is 3.67. The smallest absolute Gasteiger partial charge is 0.109 e. The van der Waals surface area contributed by atoms with Gasteiger partial charge < -0.3 is 4.74 Å². The molecule has 1 rings (SSSR count). The molecule has 0 aromatic carbocycles. The molecule has 0 spiro atoms. The Labute approximate surface area is 81.7 Å². The van der Waals surface area contributed by atoms with Crippen molar-refractivity contribution < 1.29 is 9.57 Å². The second kappa shape index (κ2) is 4.98. The molecule has 1 saturated heterocycles. The summed E-state index contributed by atoms with van der Waals surface area (Å²) in [6, 6.07) is -0.101. The van der Waals surface area contributed by atoms with Crippen molar-refractivity contribution in [1.29, 1.82) is 0 Å². The van der Waals surface area contributed by atoms with Gasteiger partial charge in [0.25, 0.3) is 0 Å². The van der Waals surface area contributed by atoms with E-state index in [4.69, 9.17) is 17.4 Å². The summed E-state index contributed by atoms with van der Waals surface area (Å²) in [5, 5.41) is 1.81. The van der Waals surface area contributed by atoms with Crippen molar-refractivity contribution in [1.82, 2.24) is 5.06 Å². The summed E-state index contributed by atoms with van der Waals surface area (Å²) in [6.07, 6.45) is 1.09. The molecule has 0 aliphatic carbocycles. The van der Waals surface area contributed by atoms with E-state index in [1.54, 1.807) is 5.06 Å². The quantitative estimate of drug-likeness (QED) is 0.475. The molecule has 3 nitrogen and oxygen atoms in total. The standard InChI is InChI=1S/C9H18BNO2/c1-4-11(3)12-6-8-7(2)5-9(10)13-8/h7-9H,4-6H2,1-3H3. The second-order valence-electron chi connectivity index (χ2n) is 3.67. The van der Waals surface area contributed by atoms with Crippen LogP contribution >= 0.6 is 0 Å². The van der Waals surface area contributed by atoms with Crippen LogP contribution in [0.15, 0.2) is 0 Å². The SMILES string of the molecule is [B]C1CC(C)C(CON(C)CC)O1. The zero-order valence-corrected chi connectivity index (χ0v) is 8.69. The Morgan fingerprint density at radius 2 is 2.31 bits per heavy atom. The van der Waals surface area contributed by atoms with Gasteiger partial charge in [-0.15, -0.1) is 0 Å². The molecule has 0 bridgehead atoms. The first-order valence-electron chi connectivity index (χ1n) is 4.88. The number of rotatable bonds is 4. The van der Waals surface area contributed by atoms with E-state index in [1.165, 1.54) is 0 Å². The molecule has 1 fully saturated rings. The van der Waals surface area contributed by atoms with Gasteiger partial charge in [-0.1, -0.05) is 13.8 Å². The molecular weight excluding hydrogens is 165 g/mol. The Kier molecular flexibility index (Phi) is 4.23. The summed E-state index contributed by atoms with van der Waals surface area (Å²) in [6.45, 7) is 5.68. The third-order valence-electron chi connectivity index (χ3n) is 2.49. The van der Waals surface area contributed by atoms with Crippen molar-refractivity contribution in [2.24, 2.45) is 5.92 Å². The van der Waals surface area contributed by atoms with Gasteiger partial charge >= 0.3 is 0 Å². The van der Waals surface area contributed by atoms with Crippen molar-refractivity contribution >= 4 is 7.85 Å². The van der Waals surface area contributed by atoms with Crippen LogP contribution < -0.4 is 0 Å². The fourth-order valence-electron chi connectivity index (χ4n) is 1.43. The van der Waals surface area contributed by atoms with Crippen LogP contribution in [0.1, 0.15) is 20.3 Å². The van der Waals surface area contributed by atoms with E-state index >= 15 is 0 Å². The van der Waals surface area contributed by atoms with Crippen LogP contribution in [0, 0.1) is 5.92 Å². The van der Waals surface area contributed by atoms with E-state index < -0.39 is 0 Å². The molecule has 74 valence electrons. The van der Waals surface area contributed by atoms with Crippen molar-refractivity contribution in [3.63, 3.8) is 0 Å². The minimum absolute atomic E-state index is 0.101. The summed E-state index contributed by atoms with van der Waals surface area (Å²) in [7, 11) is 7.58. The van der Waals surface area contributed by atoms with Crippen LogP contribution in [-0.4, -0.2) is 45.2 Å². The normalized spacial score (nSPS) is 34.3. The van der Waals surface area contributed by atoms with Crippen molar-refractivity contribution in [2.75, 3.05) is 20.2 Å². The third kappa shape index (κ3) is 3.29. The molecule has 0 N–H and O–H groups in total. The van der Waals surface area contributed by atoms with Gasteiger partial charge in [0.1, 0.15) is 7.85 Å². The molecule has 0 amide bonds. The lowest BCUT2D eigenvalue weighted by atomic mass is 9.92. The van der Waals surface area contributed by atoms with Crippen molar-refractivity contribution in [3.05, 3.63) is 0 Å². The van der Waals surface area contributed by atoms with Crippen molar-refractivity contribution in [3.8, 4) is 0 Å². The highest BCUT2D eigenvalue weighted by atomic mass is 16.7. The van der Waals surface area contributed by atoms with Crippen LogP contribution in [0.2, 0.25) is 0 Å². The molecule has 0 aromatic heterocycles. The van der Waals surface area contributed by atoms with E-state index in [9.17, 15) is 0 Å². The summed E-state index contributed by atoms with van der Waals surface area (Å²) in [5.41, 5.74) is 0. The third-order valence-corrected chi connectivity index (χ3v) is 2.49. The van der Waals surface area contributed by atoms with Gasteiger partial charge in [-0.05, 0) is 12.3 Å². The predicted octanol–water partition coefficient (Wildman–Crippen LogP) is 0.789. The van der Waals surface area contributed by atoms with Crippen LogP contribution in [0.4, 0.5) is 0 Å². The molecule has 3 unspecified atom stereocenters. The summed E-state index contributed by atoms with van der Waals surface area (Å²) in [4.78, 5) is 5.45. The number of hydrogen-bond donors (Lipinski definition) is 0. The Morgan fingerprint density at radius 3 is 2.77 bits per heavy atom. The van der Waals surface area contributed by atoms with Crippen LogP contribution in [0.25, 0.3) is 0 Å². The molecule has 1 aliphatic heterocycles. The lowest BCUT2D eigenvalue weighted by molar-refractivity contribution is -0.165. The van der Waals surface area contributed by atoms with E-state index in [2.05, 4.69) is 6.92 Å². The molecule has 2 radical (unpaired) electrons. The fraction of sp³-hybridized carbons (Fsp3) is 1.00. The predicted molar refractivity (Wildman–Crippen MR) is 52.5 cm³/mol. The first-order chi connectivity index (χ1) is 6.13. The molecule has 1 heterocycles. The minimum Gasteiger partial charge on any atom is -0.382 e. The van der Waals surface area contributed by atoms with Gasteiger partial charge in [-0.3, -0.25) is 4.84 Å². The topological polar surface area (TPSA) is 21.7 Å². The van der Waals surface area contributed by atoms with Crippen LogP contribution in [-0.2, 0) is 9.57 Å². The lowest BCUT2D eigenvalue weighted by Gasteiger charge is -2.19. The number of hydrogen-bond acceptors (Lipinski definition) is 3. The lowest BCUT2D eigenvalue weighted by Crippen LogP contribution is -2.28. The van der Waals surface area contributed by atoms with Gasteiger partial charge in [0, 0.05) is 19.6 Å². The largest absolute Gasteiger partial charge is 0.382 e. The number of nitrogens with zero attached hydrogens (tertiary/aromatic N) is 1. The van der Waals surface area contributed by atoms with Crippen molar-refractivity contribution in [2.45, 2.75) is 32.4 Å². The highest BCUT2D eigenvalue weighted by Crippen LogP contribution is 2.24. The molecule has 1 aliphatic rings. The van der Waals surface area contributed by atoms with Gasteiger partial charge in [0.15, 0.2) is 0 Å². The number of ether oxygens (including phenoxy) is 1. The maximum atomic E-state index is 5.66. The first kappa shape index (κ1) is 11.0. The van der Waals surface area contributed by atoms with Crippen LogP contribution in [0.5, 0.6) is 0 Å². The highest BCUT2D eigenvalue weighted by Gasteiger charge is 2.29. The zero-order valence-electron chi connectivity index (χ0n) is 8.69. The average Bonchev–Trinajstić information content (AvgIpc) is 2.41. The molecule has 0 aromatic rings. The van der Waals surface area contributed by atoms with Gasteiger partial charge in [0.05, 0.1) is 12.7 Å². The Hall–Kier alpha value is -0.0551. The maximum absolute atomic E-state index is 5.66. The molecular formula is C9H18BNO2. The van der Waals surface area contributed by atoms with E-state index in [1.807, 2.05) is 14.0 Å².